The Morgan fingerprint density at radius 3 is 2.75 bits per heavy atom. The quantitative estimate of drug-likeness (QED) is 0.684. The van der Waals surface area contributed by atoms with Crippen molar-refractivity contribution in [1.29, 1.82) is 0 Å². The van der Waals surface area contributed by atoms with E-state index in [0.717, 1.165) is 27.4 Å². The van der Waals surface area contributed by atoms with E-state index in [1.807, 2.05) is 6.07 Å². The van der Waals surface area contributed by atoms with Gasteiger partial charge in [-0.3, -0.25) is 14.9 Å². The molecule has 0 saturated carbocycles. The van der Waals surface area contributed by atoms with Gasteiger partial charge in [-0.1, -0.05) is 28.1 Å². The van der Waals surface area contributed by atoms with Gasteiger partial charge in [0, 0.05) is 16.6 Å². The Kier molecular flexibility index (Phi) is 4.31. The Morgan fingerprint density at radius 2 is 2.10 bits per heavy atom. The lowest BCUT2D eigenvalue weighted by molar-refractivity contribution is -0.385. The Hall–Kier alpha value is -1.99. The zero-order valence-corrected chi connectivity index (χ0v) is 11.9. The second kappa shape index (κ2) is 5.98. The summed E-state index contributed by atoms with van der Waals surface area (Å²) in [6.45, 7) is -0.0447. The molecule has 0 fully saturated rings. The van der Waals surface area contributed by atoms with E-state index >= 15 is 0 Å². The molecule has 0 aliphatic heterocycles. The lowest BCUT2D eigenvalue weighted by Crippen LogP contribution is -2.22. The van der Waals surface area contributed by atoms with Crippen LogP contribution in [0.5, 0.6) is 0 Å². The van der Waals surface area contributed by atoms with Crippen LogP contribution in [0.25, 0.3) is 0 Å². The monoisotopic (exact) mass is 338 g/mol. The minimum absolute atomic E-state index is 0.0447. The molecule has 0 amide bonds. The summed E-state index contributed by atoms with van der Waals surface area (Å²) in [5.74, 6) is 0. The number of pyridine rings is 1. The molecular formula is C13H11BrN2O4. The van der Waals surface area contributed by atoms with E-state index in [1.165, 1.54) is 0 Å². The number of aromatic nitrogens is 1. The molecule has 20 heavy (non-hydrogen) atoms. The molecule has 0 saturated heterocycles. The summed E-state index contributed by atoms with van der Waals surface area (Å²) in [4.78, 5) is 21.8. The number of nitro groups is 1. The average Bonchev–Trinajstić information content (AvgIpc) is 2.41. The summed E-state index contributed by atoms with van der Waals surface area (Å²) in [6, 6.07) is 9.29. The van der Waals surface area contributed by atoms with E-state index in [9.17, 15) is 20.0 Å². The Labute approximate surface area is 122 Å². The number of hydrogen-bond donors (Lipinski definition) is 1. The maximum atomic E-state index is 11.6. The summed E-state index contributed by atoms with van der Waals surface area (Å²) >= 11 is 3.29. The highest BCUT2D eigenvalue weighted by atomic mass is 79.9. The van der Waals surface area contributed by atoms with Crippen molar-refractivity contribution >= 4 is 21.6 Å². The maximum absolute atomic E-state index is 11.6. The van der Waals surface area contributed by atoms with E-state index in [0.29, 0.717) is 5.56 Å². The van der Waals surface area contributed by atoms with Crippen molar-refractivity contribution in [2.75, 3.05) is 0 Å². The normalized spacial score (nSPS) is 12.1. The van der Waals surface area contributed by atoms with Gasteiger partial charge in [-0.15, -0.1) is 0 Å². The van der Waals surface area contributed by atoms with Crippen LogP contribution in [0, 0.1) is 10.1 Å². The van der Waals surface area contributed by atoms with Gasteiger partial charge < -0.3 is 9.67 Å². The van der Waals surface area contributed by atoms with Gasteiger partial charge in [0.15, 0.2) is 0 Å². The van der Waals surface area contributed by atoms with Gasteiger partial charge in [-0.25, -0.2) is 0 Å². The van der Waals surface area contributed by atoms with Gasteiger partial charge in [0.25, 0.3) is 11.2 Å². The molecule has 0 bridgehead atoms. The molecule has 1 N–H and O–H groups in total. The first-order chi connectivity index (χ1) is 9.47. The Balaban J connectivity index is 2.27. The molecule has 104 valence electrons. The summed E-state index contributed by atoms with van der Waals surface area (Å²) in [5, 5.41) is 20.8. The topological polar surface area (TPSA) is 85.4 Å². The molecule has 1 aromatic carbocycles. The van der Waals surface area contributed by atoms with E-state index in [2.05, 4.69) is 15.9 Å². The number of nitrogens with zero attached hydrogens (tertiary/aromatic N) is 2. The fourth-order valence-corrected chi connectivity index (χ4v) is 2.19. The predicted octanol–water partition coefficient (Wildman–Crippen LogP) is 2.25. The summed E-state index contributed by atoms with van der Waals surface area (Å²) in [7, 11) is 0. The number of hydrogen-bond acceptors (Lipinski definition) is 4. The number of rotatable bonds is 4. The first-order valence-electron chi connectivity index (χ1n) is 5.76. The molecule has 0 radical (unpaired) electrons. The maximum Gasteiger partial charge on any atom is 0.285 e. The van der Waals surface area contributed by atoms with Crippen LogP contribution in [-0.2, 0) is 6.54 Å². The van der Waals surface area contributed by atoms with Crippen molar-refractivity contribution in [1.82, 2.24) is 4.57 Å². The molecule has 7 heteroatoms. The van der Waals surface area contributed by atoms with Gasteiger partial charge >= 0.3 is 0 Å². The number of halogens is 1. The fourth-order valence-electron chi connectivity index (χ4n) is 1.77. The zero-order valence-electron chi connectivity index (χ0n) is 10.3. The molecular weight excluding hydrogens is 328 g/mol. The molecule has 1 aromatic heterocycles. The van der Waals surface area contributed by atoms with Crippen LogP contribution in [0.4, 0.5) is 5.69 Å². The highest BCUT2D eigenvalue weighted by molar-refractivity contribution is 9.10. The molecule has 0 unspecified atom stereocenters. The van der Waals surface area contributed by atoms with Crippen LogP contribution in [0.3, 0.4) is 0 Å². The third-order valence-electron chi connectivity index (χ3n) is 2.78. The number of aliphatic hydroxyl groups excluding tert-OH is 1. The Bertz CT molecular complexity index is 699. The molecule has 2 aromatic rings. The minimum Gasteiger partial charge on any atom is -0.387 e. The summed E-state index contributed by atoms with van der Waals surface area (Å²) < 4.78 is 1.93. The standard InChI is InChI=1S/C13H11BrN2O4/c14-10-3-1-2-9(6-10)12(17)8-15-7-11(16(19)20)4-5-13(15)18/h1-7,12,17H,8H2/t12-/m1/s1. The second-order valence-electron chi connectivity index (χ2n) is 4.21. The first-order valence-corrected chi connectivity index (χ1v) is 6.55. The van der Waals surface area contributed by atoms with Crippen molar-refractivity contribution in [3.8, 4) is 0 Å². The zero-order chi connectivity index (χ0) is 14.7. The van der Waals surface area contributed by atoms with Crippen LogP contribution >= 0.6 is 15.9 Å². The van der Waals surface area contributed by atoms with E-state index in [1.54, 1.807) is 18.2 Å². The van der Waals surface area contributed by atoms with Crippen LogP contribution in [-0.4, -0.2) is 14.6 Å². The summed E-state index contributed by atoms with van der Waals surface area (Å²) in [6.07, 6.45) is 0.205. The number of aliphatic hydroxyl groups is 1. The van der Waals surface area contributed by atoms with Crippen LogP contribution in [0.1, 0.15) is 11.7 Å². The molecule has 0 aliphatic rings. The van der Waals surface area contributed by atoms with Crippen molar-refractivity contribution in [2.24, 2.45) is 0 Å². The van der Waals surface area contributed by atoms with Crippen LogP contribution in [0.15, 0.2) is 51.9 Å². The lowest BCUT2D eigenvalue weighted by Gasteiger charge is -2.13. The fraction of sp³-hybridized carbons (Fsp3) is 0.154. The summed E-state index contributed by atoms with van der Waals surface area (Å²) in [5.41, 5.74) is 0.0356. The molecule has 2 rings (SSSR count). The van der Waals surface area contributed by atoms with E-state index < -0.39 is 16.6 Å². The largest absolute Gasteiger partial charge is 0.387 e. The molecule has 6 nitrogen and oxygen atoms in total. The highest BCUT2D eigenvalue weighted by Gasteiger charge is 2.13. The Morgan fingerprint density at radius 1 is 1.35 bits per heavy atom. The average molecular weight is 339 g/mol. The van der Waals surface area contributed by atoms with Crippen molar-refractivity contribution in [2.45, 2.75) is 12.6 Å². The second-order valence-corrected chi connectivity index (χ2v) is 5.12. The van der Waals surface area contributed by atoms with Gasteiger partial charge in [0.05, 0.1) is 23.8 Å². The molecule has 0 spiro atoms. The first kappa shape index (κ1) is 14.4. The predicted molar refractivity (Wildman–Crippen MR) is 76.5 cm³/mol. The van der Waals surface area contributed by atoms with Gasteiger partial charge in [0.2, 0.25) is 0 Å². The third-order valence-corrected chi connectivity index (χ3v) is 3.28. The van der Waals surface area contributed by atoms with Crippen LogP contribution < -0.4 is 5.56 Å². The van der Waals surface area contributed by atoms with Crippen molar-refractivity contribution in [3.05, 3.63) is 73.1 Å². The molecule has 1 atom stereocenters. The van der Waals surface area contributed by atoms with Gasteiger partial charge in [-0.2, -0.15) is 0 Å². The minimum atomic E-state index is -0.924. The number of benzene rings is 1. The van der Waals surface area contributed by atoms with Crippen molar-refractivity contribution < 1.29 is 10.0 Å². The highest BCUT2D eigenvalue weighted by Crippen LogP contribution is 2.19. The third kappa shape index (κ3) is 3.31. The van der Waals surface area contributed by atoms with Gasteiger partial charge in [-0.05, 0) is 17.7 Å². The smallest absolute Gasteiger partial charge is 0.285 e. The lowest BCUT2D eigenvalue weighted by atomic mass is 10.1. The van der Waals surface area contributed by atoms with E-state index in [4.69, 9.17) is 0 Å². The van der Waals surface area contributed by atoms with Gasteiger partial charge in [0.1, 0.15) is 0 Å². The van der Waals surface area contributed by atoms with E-state index in [-0.39, 0.29) is 12.2 Å². The van der Waals surface area contributed by atoms with Crippen LogP contribution in [0.2, 0.25) is 0 Å². The molecule has 1 heterocycles. The SMILES string of the molecule is O=c1ccc([N+](=O)[O-])cn1C[C@@H](O)c1cccc(Br)c1. The molecule has 0 aliphatic carbocycles. The van der Waals surface area contributed by atoms with Crippen molar-refractivity contribution in [3.63, 3.8) is 0 Å².